The number of rotatable bonds is 4. The quantitative estimate of drug-likeness (QED) is 0.785. The fourth-order valence-corrected chi connectivity index (χ4v) is 2.94. The second-order valence-electron chi connectivity index (χ2n) is 6.03. The summed E-state index contributed by atoms with van der Waals surface area (Å²) in [7, 11) is 0. The molecule has 0 spiro atoms. The number of benzene rings is 1. The van der Waals surface area contributed by atoms with Crippen molar-refractivity contribution in [3.8, 4) is 0 Å². The van der Waals surface area contributed by atoms with E-state index in [0.717, 1.165) is 30.6 Å². The molecule has 0 fully saturated rings. The van der Waals surface area contributed by atoms with Crippen LogP contribution in [0.1, 0.15) is 40.1 Å². The van der Waals surface area contributed by atoms with Crippen molar-refractivity contribution in [3.05, 3.63) is 65.6 Å². The molecule has 8 heteroatoms. The van der Waals surface area contributed by atoms with Crippen LogP contribution in [0.4, 0.5) is 4.39 Å². The fraction of sp³-hybridized carbons (Fsp3) is 0.294. The Morgan fingerprint density at radius 1 is 1.36 bits per heavy atom. The third-order valence-electron chi connectivity index (χ3n) is 4.33. The maximum Gasteiger partial charge on any atom is 0.292 e. The lowest BCUT2D eigenvalue weighted by Crippen LogP contribution is -2.24. The molecule has 0 saturated heterocycles. The maximum atomic E-state index is 12.9. The minimum absolute atomic E-state index is 0.0104. The lowest BCUT2D eigenvalue weighted by molar-refractivity contribution is 0.0937. The average molecular weight is 341 g/mol. The van der Waals surface area contributed by atoms with Gasteiger partial charge >= 0.3 is 0 Å². The summed E-state index contributed by atoms with van der Waals surface area (Å²) in [5, 5.41) is 6.48. The van der Waals surface area contributed by atoms with Crippen LogP contribution >= 0.6 is 0 Å². The Bertz CT molecular complexity index is 887. The number of nitrogens with zero attached hydrogens (tertiary/aromatic N) is 4. The highest BCUT2D eigenvalue weighted by Gasteiger charge is 2.26. The summed E-state index contributed by atoms with van der Waals surface area (Å²) < 4.78 is 20.3. The van der Waals surface area contributed by atoms with Crippen LogP contribution in [0.5, 0.6) is 0 Å². The van der Waals surface area contributed by atoms with Gasteiger partial charge in [0, 0.05) is 37.3 Å². The Balaban J connectivity index is 1.39. The van der Waals surface area contributed by atoms with E-state index < -0.39 is 5.91 Å². The molecule has 0 radical (unpaired) electrons. The second kappa shape index (κ2) is 6.46. The standard InChI is InChI=1S/C17H16FN5O2/c18-13-3-1-11(2-4-13)8-20-16(24)15-21-17(25-22-15)12-5-6-23-10-19-9-14(23)7-12/h1-4,9-10,12H,5-8H2,(H,20,24)/t12-/m0/s1. The highest BCUT2D eigenvalue weighted by Crippen LogP contribution is 2.27. The molecular formula is C17H16FN5O2. The van der Waals surface area contributed by atoms with Crippen molar-refractivity contribution in [3.63, 3.8) is 0 Å². The Labute approximate surface area is 142 Å². The average Bonchev–Trinajstić information content (AvgIpc) is 3.29. The molecule has 3 aromatic rings. The molecule has 3 heterocycles. The molecule has 1 aliphatic heterocycles. The van der Waals surface area contributed by atoms with Crippen molar-refractivity contribution in [2.24, 2.45) is 0 Å². The van der Waals surface area contributed by atoms with Gasteiger partial charge in [0.25, 0.3) is 11.7 Å². The highest BCUT2D eigenvalue weighted by atomic mass is 19.1. The first-order valence-electron chi connectivity index (χ1n) is 8.04. The number of aryl methyl sites for hydroxylation is 1. The Morgan fingerprint density at radius 2 is 2.20 bits per heavy atom. The first-order valence-corrected chi connectivity index (χ1v) is 8.04. The van der Waals surface area contributed by atoms with Gasteiger partial charge in [0.15, 0.2) is 0 Å². The number of hydrogen-bond donors (Lipinski definition) is 1. The minimum atomic E-state index is -0.417. The van der Waals surface area contributed by atoms with Gasteiger partial charge in [-0.15, -0.1) is 0 Å². The van der Waals surface area contributed by atoms with Crippen molar-refractivity contribution in [2.75, 3.05) is 0 Å². The summed E-state index contributed by atoms with van der Waals surface area (Å²) in [6.45, 7) is 1.11. The molecule has 1 N–H and O–H groups in total. The van der Waals surface area contributed by atoms with Crippen LogP contribution in [0.15, 0.2) is 41.3 Å². The third-order valence-corrected chi connectivity index (χ3v) is 4.33. The molecule has 1 aromatic carbocycles. The van der Waals surface area contributed by atoms with E-state index in [1.165, 1.54) is 12.1 Å². The maximum absolute atomic E-state index is 12.9. The van der Waals surface area contributed by atoms with Crippen molar-refractivity contribution in [1.82, 2.24) is 25.0 Å². The van der Waals surface area contributed by atoms with Gasteiger partial charge in [0.1, 0.15) is 5.82 Å². The molecule has 1 atom stereocenters. The molecule has 1 aliphatic rings. The van der Waals surface area contributed by atoms with E-state index in [2.05, 4.69) is 25.0 Å². The SMILES string of the molecule is O=C(NCc1ccc(F)cc1)c1noc([C@H]2CCn3cncc3C2)n1. The van der Waals surface area contributed by atoms with E-state index in [0.29, 0.717) is 5.89 Å². The zero-order valence-corrected chi connectivity index (χ0v) is 13.4. The number of nitrogens with one attached hydrogen (secondary N) is 1. The topological polar surface area (TPSA) is 85.8 Å². The van der Waals surface area contributed by atoms with Gasteiger partial charge in [0.05, 0.1) is 6.33 Å². The van der Waals surface area contributed by atoms with Gasteiger partial charge in [-0.3, -0.25) is 4.79 Å². The van der Waals surface area contributed by atoms with Gasteiger partial charge in [-0.2, -0.15) is 4.98 Å². The van der Waals surface area contributed by atoms with E-state index in [-0.39, 0.29) is 24.1 Å². The Morgan fingerprint density at radius 3 is 3.04 bits per heavy atom. The molecule has 128 valence electrons. The summed E-state index contributed by atoms with van der Waals surface area (Å²) in [6.07, 6.45) is 5.27. The lowest BCUT2D eigenvalue weighted by Gasteiger charge is -2.20. The zero-order chi connectivity index (χ0) is 17.2. The van der Waals surface area contributed by atoms with E-state index in [1.54, 1.807) is 12.1 Å². The van der Waals surface area contributed by atoms with Crippen LogP contribution in [0.3, 0.4) is 0 Å². The van der Waals surface area contributed by atoms with Gasteiger partial charge in [-0.25, -0.2) is 9.37 Å². The third kappa shape index (κ3) is 3.28. The fourth-order valence-electron chi connectivity index (χ4n) is 2.94. The second-order valence-corrected chi connectivity index (χ2v) is 6.03. The summed E-state index contributed by atoms with van der Waals surface area (Å²) in [6, 6.07) is 5.92. The molecule has 1 amide bonds. The number of amides is 1. The van der Waals surface area contributed by atoms with Crippen molar-refractivity contribution in [2.45, 2.75) is 31.8 Å². The van der Waals surface area contributed by atoms with E-state index >= 15 is 0 Å². The monoisotopic (exact) mass is 341 g/mol. The van der Waals surface area contributed by atoms with Crippen molar-refractivity contribution >= 4 is 5.91 Å². The number of hydrogen-bond acceptors (Lipinski definition) is 5. The molecule has 25 heavy (non-hydrogen) atoms. The first-order chi connectivity index (χ1) is 12.2. The minimum Gasteiger partial charge on any atom is -0.345 e. The highest BCUT2D eigenvalue weighted by molar-refractivity contribution is 5.90. The van der Waals surface area contributed by atoms with E-state index in [9.17, 15) is 9.18 Å². The molecule has 7 nitrogen and oxygen atoms in total. The van der Waals surface area contributed by atoms with Gasteiger partial charge in [0.2, 0.25) is 5.89 Å². The van der Waals surface area contributed by atoms with E-state index in [4.69, 9.17) is 4.52 Å². The van der Waals surface area contributed by atoms with Crippen LogP contribution < -0.4 is 5.32 Å². The number of carbonyl (C=O) groups is 1. The normalized spacial score (nSPS) is 16.4. The predicted molar refractivity (Wildman–Crippen MR) is 85.2 cm³/mol. The van der Waals surface area contributed by atoms with Crippen LogP contribution in [0.2, 0.25) is 0 Å². The number of imidazole rings is 1. The number of halogens is 1. The van der Waals surface area contributed by atoms with Crippen molar-refractivity contribution < 1.29 is 13.7 Å². The predicted octanol–water partition coefficient (Wildman–Crippen LogP) is 2.07. The smallest absolute Gasteiger partial charge is 0.292 e. The first kappa shape index (κ1) is 15.5. The summed E-state index contributed by atoms with van der Waals surface area (Å²) >= 11 is 0. The van der Waals surface area contributed by atoms with Crippen LogP contribution in [-0.2, 0) is 19.5 Å². The van der Waals surface area contributed by atoms with E-state index in [1.807, 2.05) is 12.5 Å². The molecule has 2 aromatic heterocycles. The number of carbonyl (C=O) groups excluding carboxylic acids is 1. The molecule has 4 rings (SSSR count). The lowest BCUT2D eigenvalue weighted by atomic mass is 9.96. The van der Waals surface area contributed by atoms with Crippen LogP contribution in [0.25, 0.3) is 0 Å². The molecule has 0 saturated carbocycles. The summed E-state index contributed by atoms with van der Waals surface area (Å²) in [4.78, 5) is 20.5. The summed E-state index contributed by atoms with van der Waals surface area (Å²) in [5.41, 5.74) is 1.91. The number of fused-ring (bicyclic) bond motifs is 1. The van der Waals surface area contributed by atoms with Gasteiger partial charge in [-0.1, -0.05) is 17.3 Å². The van der Waals surface area contributed by atoms with Gasteiger partial charge in [-0.05, 0) is 24.1 Å². The molecule has 0 aliphatic carbocycles. The summed E-state index contributed by atoms with van der Waals surface area (Å²) in [5.74, 6) is -0.155. The van der Waals surface area contributed by atoms with Crippen LogP contribution in [0, 0.1) is 5.82 Å². The molecular weight excluding hydrogens is 325 g/mol. The Kier molecular flexibility index (Phi) is 4.01. The van der Waals surface area contributed by atoms with Crippen molar-refractivity contribution in [1.29, 1.82) is 0 Å². The zero-order valence-electron chi connectivity index (χ0n) is 13.4. The Hall–Kier alpha value is -3.03. The molecule has 0 bridgehead atoms. The van der Waals surface area contributed by atoms with Gasteiger partial charge < -0.3 is 14.4 Å². The molecule has 0 unspecified atom stereocenters. The largest absolute Gasteiger partial charge is 0.345 e. The number of aromatic nitrogens is 4. The van der Waals surface area contributed by atoms with Crippen LogP contribution in [-0.4, -0.2) is 25.6 Å².